The molecule has 1 heterocycles. The fourth-order valence-corrected chi connectivity index (χ4v) is 3.37. The fraction of sp³-hybridized carbons (Fsp3) is 0.208. The van der Waals surface area contributed by atoms with Crippen molar-refractivity contribution in [2.24, 2.45) is 0 Å². The van der Waals surface area contributed by atoms with Crippen molar-refractivity contribution in [3.8, 4) is 11.4 Å². The van der Waals surface area contributed by atoms with Gasteiger partial charge in [0.25, 0.3) is 11.3 Å². The van der Waals surface area contributed by atoms with Crippen molar-refractivity contribution in [1.82, 2.24) is 14.9 Å². The van der Waals surface area contributed by atoms with Gasteiger partial charge >= 0.3 is 6.18 Å². The summed E-state index contributed by atoms with van der Waals surface area (Å²) in [5.74, 6) is -3.62. The van der Waals surface area contributed by atoms with Gasteiger partial charge in [0.1, 0.15) is 24.1 Å². The van der Waals surface area contributed by atoms with Gasteiger partial charge in [-0.25, -0.2) is 4.98 Å². The standard InChI is InChI=1S/C24H21F3N4O4/c1-15(32)29-19-13-28-22(17-10-6-3-7-11-17)31(23(19)35)14-20(33)30-18(21(34)24(25,26)27)12-16-8-4-2-5-9-16/h2-11,13,18H,12,14H2,1H3,(H,29,32)(H,30,33). The number of ketones is 1. The van der Waals surface area contributed by atoms with Crippen LogP contribution < -0.4 is 16.2 Å². The van der Waals surface area contributed by atoms with Crippen molar-refractivity contribution in [2.45, 2.75) is 32.1 Å². The Morgan fingerprint density at radius 3 is 2.17 bits per heavy atom. The zero-order valence-electron chi connectivity index (χ0n) is 18.5. The molecule has 8 nitrogen and oxygen atoms in total. The summed E-state index contributed by atoms with van der Waals surface area (Å²) in [6, 6.07) is 14.3. The number of aromatic nitrogens is 2. The highest BCUT2D eigenvalue weighted by Crippen LogP contribution is 2.20. The van der Waals surface area contributed by atoms with Gasteiger partial charge in [-0.05, 0) is 5.56 Å². The molecule has 0 radical (unpaired) electrons. The number of hydrogen-bond acceptors (Lipinski definition) is 5. The Morgan fingerprint density at radius 2 is 1.60 bits per heavy atom. The minimum atomic E-state index is -5.17. The number of rotatable bonds is 8. The summed E-state index contributed by atoms with van der Waals surface area (Å²) in [4.78, 5) is 53.4. The zero-order chi connectivity index (χ0) is 25.6. The van der Waals surface area contributed by atoms with Gasteiger partial charge in [0.05, 0.1) is 6.20 Å². The first-order valence-corrected chi connectivity index (χ1v) is 10.4. The highest BCUT2D eigenvalue weighted by Gasteiger charge is 2.43. The van der Waals surface area contributed by atoms with E-state index in [0.717, 1.165) is 10.8 Å². The number of benzene rings is 2. The summed E-state index contributed by atoms with van der Waals surface area (Å²) >= 11 is 0. The Labute approximate surface area is 197 Å². The van der Waals surface area contributed by atoms with Gasteiger partial charge in [0.2, 0.25) is 11.8 Å². The first-order chi connectivity index (χ1) is 16.6. The molecule has 2 N–H and O–H groups in total. The molecule has 0 spiro atoms. The molecule has 0 bridgehead atoms. The lowest BCUT2D eigenvalue weighted by Gasteiger charge is -2.20. The third kappa shape index (κ3) is 6.62. The number of hydrogen-bond donors (Lipinski definition) is 2. The molecular weight excluding hydrogens is 465 g/mol. The molecular formula is C24H21F3N4O4. The molecule has 11 heteroatoms. The van der Waals surface area contributed by atoms with E-state index in [1.807, 2.05) is 0 Å². The molecule has 1 aromatic heterocycles. The lowest BCUT2D eigenvalue weighted by Crippen LogP contribution is -2.49. The molecule has 0 fully saturated rings. The summed E-state index contributed by atoms with van der Waals surface area (Å²) in [6.45, 7) is 0.443. The average molecular weight is 486 g/mol. The van der Waals surface area contributed by atoms with E-state index in [0.29, 0.717) is 11.1 Å². The van der Waals surface area contributed by atoms with E-state index < -0.39 is 48.3 Å². The van der Waals surface area contributed by atoms with Gasteiger partial charge in [-0.15, -0.1) is 0 Å². The highest BCUT2D eigenvalue weighted by molar-refractivity contribution is 5.93. The molecule has 0 saturated carbocycles. The van der Waals surface area contributed by atoms with E-state index in [1.165, 1.54) is 19.1 Å². The number of carbonyl (C=O) groups is 3. The Bertz CT molecular complexity index is 1280. The quantitative estimate of drug-likeness (QED) is 0.509. The molecule has 3 aromatic rings. The smallest absolute Gasteiger partial charge is 0.344 e. The highest BCUT2D eigenvalue weighted by atomic mass is 19.4. The molecule has 0 saturated heterocycles. The number of Topliss-reactive ketones (excluding diaryl/α,β-unsaturated/α-hetero) is 1. The average Bonchev–Trinajstić information content (AvgIpc) is 2.81. The first kappa shape index (κ1) is 25.3. The van der Waals surface area contributed by atoms with E-state index in [9.17, 15) is 32.3 Å². The van der Waals surface area contributed by atoms with Crippen molar-refractivity contribution in [1.29, 1.82) is 0 Å². The minimum Gasteiger partial charge on any atom is -0.344 e. The van der Waals surface area contributed by atoms with Crippen molar-refractivity contribution in [2.75, 3.05) is 5.32 Å². The minimum absolute atomic E-state index is 0.0570. The van der Waals surface area contributed by atoms with E-state index in [1.54, 1.807) is 48.5 Å². The Balaban J connectivity index is 1.94. The number of alkyl halides is 3. The number of halogens is 3. The molecule has 0 aliphatic carbocycles. The van der Waals surface area contributed by atoms with Crippen LogP contribution in [-0.4, -0.2) is 39.4 Å². The summed E-state index contributed by atoms with van der Waals surface area (Å²) in [7, 11) is 0. The van der Waals surface area contributed by atoms with Crippen LogP contribution in [0.2, 0.25) is 0 Å². The summed E-state index contributed by atoms with van der Waals surface area (Å²) in [5, 5.41) is 4.41. The van der Waals surface area contributed by atoms with Crippen LogP contribution in [0.5, 0.6) is 0 Å². The maximum Gasteiger partial charge on any atom is 0.452 e. The fourth-order valence-electron chi connectivity index (χ4n) is 3.37. The van der Waals surface area contributed by atoms with Gasteiger partial charge in [0, 0.05) is 18.9 Å². The molecule has 1 unspecified atom stereocenters. The monoisotopic (exact) mass is 486 g/mol. The normalized spacial score (nSPS) is 12.0. The van der Waals surface area contributed by atoms with Crippen molar-refractivity contribution in [3.05, 3.63) is 82.8 Å². The number of amides is 2. The first-order valence-electron chi connectivity index (χ1n) is 10.4. The maximum absolute atomic E-state index is 13.2. The van der Waals surface area contributed by atoms with Crippen molar-refractivity contribution >= 4 is 23.3 Å². The molecule has 35 heavy (non-hydrogen) atoms. The predicted molar refractivity (Wildman–Crippen MR) is 121 cm³/mol. The molecule has 2 amide bonds. The van der Waals surface area contributed by atoms with Gasteiger partial charge in [-0.2, -0.15) is 13.2 Å². The SMILES string of the molecule is CC(=O)Nc1cnc(-c2ccccc2)n(CC(=O)NC(Cc2ccccc2)C(=O)C(F)(F)F)c1=O. The van der Waals surface area contributed by atoms with Crippen LogP contribution in [0.4, 0.5) is 18.9 Å². The lowest BCUT2D eigenvalue weighted by molar-refractivity contribution is -0.173. The van der Waals surface area contributed by atoms with Crippen LogP contribution in [-0.2, 0) is 27.3 Å². The topological polar surface area (TPSA) is 110 Å². The van der Waals surface area contributed by atoms with Crippen LogP contribution in [0.15, 0.2) is 71.7 Å². The van der Waals surface area contributed by atoms with Gasteiger partial charge in [-0.1, -0.05) is 60.7 Å². The van der Waals surface area contributed by atoms with Gasteiger partial charge in [-0.3, -0.25) is 23.7 Å². The van der Waals surface area contributed by atoms with E-state index in [4.69, 9.17) is 0 Å². The molecule has 2 aromatic carbocycles. The maximum atomic E-state index is 13.2. The van der Waals surface area contributed by atoms with E-state index in [2.05, 4.69) is 15.6 Å². The van der Waals surface area contributed by atoms with Crippen LogP contribution in [0.1, 0.15) is 12.5 Å². The Hall–Kier alpha value is -4.28. The second-order valence-electron chi connectivity index (χ2n) is 7.61. The van der Waals surface area contributed by atoms with Crippen LogP contribution in [0.3, 0.4) is 0 Å². The number of anilines is 1. The van der Waals surface area contributed by atoms with Crippen LogP contribution in [0.25, 0.3) is 11.4 Å². The number of carbonyl (C=O) groups excluding carboxylic acids is 3. The zero-order valence-corrected chi connectivity index (χ0v) is 18.5. The van der Waals surface area contributed by atoms with Crippen LogP contribution in [0, 0.1) is 0 Å². The molecule has 182 valence electrons. The number of nitrogens with one attached hydrogen (secondary N) is 2. The number of nitrogens with zero attached hydrogens (tertiary/aromatic N) is 2. The Kier molecular flexibility index (Phi) is 7.80. The third-order valence-electron chi connectivity index (χ3n) is 4.91. The summed E-state index contributed by atoms with van der Waals surface area (Å²) in [6.07, 6.45) is -4.44. The van der Waals surface area contributed by atoms with E-state index >= 15 is 0 Å². The van der Waals surface area contributed by atoms with Gasteiger partial charge < -0.3 is 10.6 Å². The van der Waals surface area contributed by atoms with Crippen molar-refractivity contribution in [3.63, 3.8) is 0 Å². The Morgan fingerprint density at radius 1 is 1.00 bits per heavy atom. The second kappa shape index (κ2) is 10.8. The largest absolute Gasteiger partial charge is 0.452 e. The van der Waals surface area contributed by atoms with E-state index in [-0.39, 0.29) is 11.5 Å². The molecule has 0 aliphatic heterocycles. The molecule has 0 aliphatic rings. The molecule has 1 atom stereocenters. The second-order valence-corrected chi connectivity index (χ2v) is 7.61. The molecule has 3 rings (SSSR count). The summed E-state index contributed by atoms with van der Waals surface area (Å²) < 4.78 is 40.5. The van der Waals surface area contributed by atoms with Gasteiger partial charge in [0.15, 0.2) is 0 Å². The summed E-state index contributed by atoms with van der Waals surface area (Å²) in [5.41, 5.74) is -0.131. The third-order valence-corrected chi connectivity index (χ3v) is 4.91. The van der Waals surface area contributed by atoms with Crippen molar-refractivity contribution < 1.29 is 27.6 Å². The van der Waals surface area contributed by atoms with Crippen LogP contribution >= 0.6 is 0 Å². The lowest BCUT2D eigenvalue weighted by atomic mass is 10.0. The predicted octanol–water partition coefficient (Wildman–Crippen LogP) is 2.73.